The second kappa shape index (κ2) is 6.10. The lowest BCUT2D eigenvalue weighted by Gasteiger charge is -2.30. The summed E-state index contributed by atoms with van der Waals surface area (Å²) >= 11 is 0. The zero-order valence-electron chi connectivity index (χ0n) is 12.9. The fraction of sp³-hybridized carbons (Fsp3) is 0.278. The molecule has 0 aromatic heterocycles. The highest BCUT2D eigenvalue weighted by Crippen LogP contribution is 2.30. The topological polar surface area (TPSA) is 41.6 Å². The van der Waals surface area contributed by atoms with Gasteiger partial charge in [-0.05, 0) is 43.5 Å². The van der Waals surface area contributed by atoms with E-state index in [1.54, 1.807) is 7.11 Å². The van der Waals surface area contributed by atoms with Crippen LogP contribution < -0.4 is 15.0 Å². The van der Waals surface area contributed by atoms with Crippen molar-refractivity contribution in [3.05, 3.63) is 53.6 Å². The number of urea groups is 1. The zero-order valence-corrected chi connectivity index (χ0v) is 12.9. The summed E-state index contributed by atoms with van der Waals surface area (Å²) in [5.41, 5.74) is 4.16. The SMILES string of the molecule is COc1ccccc1NC(=O)N1CCCc2cc(C)ccc21. The van der Waals surface area contributed by atoms with Crippen molar-refractivity contribution in [1.29, 1.82) is 0 Å². The maximum Gasteiger partial charge on any atom is 0.326 e. The van der Waals surface area contributed by atoms with E-state index >= 15 is 0 Å². The molecular weight excluding hydrogens is 276 g/mol. The van der Waals surface area contributed by atoms with Crippen molar-refractivity contribution in [2.24, 2.45) is 0 Å². The number of hydrogen-bond donors (Lipinski definition) is 1. The van der Waals surface area contributed by atoms with Crippen LogP contribution in [0.15, 0.2) is 42.5 Å². The number of nitrogens with zero attached hydrogens (tertiary/aromatic N) is 1. The Morgan fingerprint density at radius 1 is 1.23 bits per heavy atom. The van der Waals surface area contributed by atoms with Crippen molar-refractivity contribution in [3.8, 4) is 5.75 Å². The summed E-state index contributed by atoms with van der Waals surface area (Å²) in [6.45, 7) is 2.81. The fourth-order valence-corrected chi connectivity index (χ4v) is 2.87. The van der Waals surface area contributed by atoms with E-state index in [1.165, 1.54) is 11.1 Å². The number of methoxy groups -OCH3 is 1. The van der Waals surface area contributed by atoms with Gasteiger partial charge in [-0.3, -0.25) is 4.90 Å². The summed E-state index contributed by atoms with van der Waals surface area (Å²) in [6.07, 6.45) is 2.01. The largest absolute Gasteiger partial charge is 0.495 e. The first kappa shape index (κ1) is 14.4. The minimum absolute atomic E-state index is 0.116. The number of fused-ring (bicyclic) bond motifs is 1. The Labute approximate surface area is 130 Å². The number of carbonyl (C=O) groups excluding carboxylic acids is 1. The Morgan fingerprint density at radius 2 is 2.05 bits per heavy atom. The third-order valence-electron chi connectivity index (χ3n) is 3.95. The van der Waals surface area contributed by atoms with Gasteiger partial charge in [0.15, 0.2) is 0 Å². The Balaban J connectivity index is 1.85. The lowest BCUT2D eigenvalue weighted by Crippen LogP contribution is -2.38. The molecule has 0 spiro atoms. The minimum atomic E-state index is -0.116. The van der Waals surface area contributed by atoms with Crippen LogP contribution in [0.5, 0.6) is 5.75 Å². The molecule has 3 rings (SSSR count). The predicted molar refractivity (Wildman–Crippen MR) is 88.9 cm³/mol. The predicted octanol–water partition coefficient (Wildman–Crippen LogP) is 3.99. The maximum atomic E-state index is 12.6. The third-order valence-corrected chi connectivity index (χ3v) is 3.95. The number of hydrogen-bond acceptors (Lipinski definition) is 2. The number of ether oxygens (including phenoxy) is 1. The van der Waals surface area contributed by atoms with Gasteiger partial charge in [-0.2, -0.15) is 0 Å². The summed E-state index contributed by atoms with van der Waals surface area (Å²) in [7, 11) is 1.60. The summed E-state index contributed by atoms with van der Waals surface area (Å²) in [5, 5.41) is 2.95. The van der Waals surface area contributed by atoms with Crippen LogP contribution >= 0.6 is 0 Å². The summed E-state index contributed by atoms with van der Waals surface area (Å²) in [4.78, 5) is 14.5. The monoisotopic (exact) mass is 296 g/mol. The highest BCUT2D eigenvalue weighted by Gasteiger charge is 2.23. The van der Waals surface area contributed by atoms with Crippen LogP contribution in [0.3, 0.4) is 0 Å². The second-order valence-corrected chi connectivity index (χ2v) is 5.52. The molecule has 1 aliphatic heterocycles. The molecule has 0 fully saturated rings. The molecular formula is C18H20N2O2. The van der Waals surface area contributed by atoms with Crippen LogP contribution in [0, 0.1) is 6.92 Å². The van der Waals surface area contributed by atoms with Crippen molar-refractivity contribution in [3.63, 3.8) is 0 Å². The smallest absolute Gasteiger partial charge is 0.326 e. The van der Waals surface area contributed by atoms with Gasteiger partial charge in [-0.15, -0.1) is 0 Å². The molecule has 22 heavy (non-hydrogen) atoms. The van der Waals surface area contributed by atoms with Crippen molar-refractivity contribution in [2.45, 2.75) is 19.8 Å². The van der Waals surface area contributed by atoms with Gasteiger partial charge in [0, 0.05) is 12.2 Å². The molecule has 0 saturated heterocycles. The highest BCUT2D eigenvalue weighted by atomic mass is 16.5. The normalized spacial score (nSPS) is 13.5. The van der Waals surface area contributed by atoms with Crippen LogP contribution in [0.25, 0.3) is 0 Å². The molecule has 2 aromatic carbocycles. The van der Waals surface area contributed by atoms with Gasteiger partial charge in [0.25, 0.3) is 0 Å². The molecule has 1 N–H and O–H groups in total. The quantitative estimate of drug-likeness (QED) is 0.910. The molecule has 0 saturated carbocycles. The van der Waals surface area contributed by atoms with Crippen LogP contribution in [0.4, 0.5) is 16.2 Å². The average molecular weight is 296 g/mol. The molecule has 2 aromatic rings. The van der Waals surface area contributed by atoms with E-state index in [1.807, 2.05) is 41.3 Å². The van der Waals surface area contributed by atoms with Crippen LogP contribution in [0.2, 0.25) is 0 Å². The number of rotatable bonds is 2. The zero-order chi connectivity index (χ0) is 15.5. The lowest BCUT2D eigenvalue weighted by atomic mass is 10.00. The molecule has 0 bridgehead atoms. The number of carbonyl (C=O) groups is 1. The van der Waals surface area contributed by atoms with Gasteiger partial charge in [0.05, 0.1) is 12.8 Å². The summed E-state index contributed by atoms with van der Waals surface area (Å²) < 4.78 is 5.29. The molecule has 1 heterocycles. The molecule has 0 unspecified atom stereocenters. The second-order valence-electron chi connectivity index (χ2n) is 5.52. The van der Waals surface area contributed by atoms with Crippen molar-refractivity contribution in [2.75, 3.05) is 23.9 Å². The molecule has 2 amide bonds. The number of anilines is 2. The number of aryl methyl sites for hydroxylation is 2. The van der Waals surface area contributed by atoms with E-state index in [9.17, 15) is 4.79 Å². The first-order valence-electron chi connectivity index (χ1n) is 7.50. The van der Waals surface area contributed by atoms with Crippen molar-refractivity contribution < 1.29 is 9.53 Å². The number of amides is 2. The average Bonchev–Trinajstić information content (AvgIpc) is 2.54. The number of nitrogens with one attached hydrogen (secondary N) is 1. The Bertz CT molecular complexity index is 697. The first-order chi connectivity index (χ1) is 10.7. The Hall–Kier alpha value is -2.49. The molecule has 4 nitrogen and oxygen atoms in total. The number of benzene rings is 2. The van der Waals surface area contributed by atoms with Crippen molar-refractivity contribution >= 4 is 17.4 Å². The molecule has 0 radical (unpaired) electrons. The van der Waals surface area contributed by atoms with Gasteiger partial charge in [-0.25, -0.2) is 4.79 Å². The van der Waals surface area contributed by atoms with Gasteiger partial charge < -0.3 is 10.1 Å². The van der Waals surface area contributed by atoms with E-state index in [4.69, 9.17) is 4.74 Å². The van der Waals surface area contributed by atoms with E-state index in [0.717, 1.165) is 25.1 Å². The summed E-state index contributed by atoms with van der Waals surface area (Å²) in [6, 6.07) is 13.6. The number of para-hydroxylation sites is 2. The molecule has 1 aliphatic rings. The van der Waals surface area contributed by atoms with E-state index in [0.29, 0.717) is 11.4 Å². The summed E-state index contributed by atoms with van der Waals surface area (Å²) in [5.74, 6) is 0.664. The van der Waals surface area contributed by atoms with Gasteiger partial charge >= 0.3 is 6.03 Å². The van der Waals surface area contributed by atoms with Crippen LogP contribution in [-0.2, 0) is 6.42 Å². The lowest BCUT2D eigenvalue weighted by molar-refractivity contribution is 0.256. The van der Waals surface area contributed by atoms with Crippen LogP contribution in [0.1, 0.15) is 17.5 Å². The van der Waals surface area contributed by atoms with Crippen molar-refractivity contribution in [1.82, 2.24) is 0 Å². The van der Waals surface area contributed by atoms with E-state index in [-0.39, 0.29) is 6.03 Å². The van der Waals surface area contributed by atoms with Gasteiger partial charge in [0.2, 0.25) is 0 Å². The standard InChI is InChI=1S/C18H20N2O2/c1-13-9-10-16-14(12-13)6-5-11-20(16)18(21)19-15-7-3-4-8-17(15)22-2/h3-4,7-10,12H,5-6,11H2,1-2H3,(H,19,21). The van der Waals surface area contributed by atoms with Gasteiger partial charge in [0.1, 0.15) is 5.75 Å². The molecule has 0 atom stereocenters. The Kier molecular flexibility index (Phi) is 4.00. The Morgan fingerprint density at radius 3 is 2.86 bits per heavy atom. The van der Waals surface area contributed by atoms with E-state index in [2.05, 4.69) is 18.3 Å². The van der Waals surface area contributed by atoms with Gasteiger partial charge in [-0.1, -0.05) is 29.8 Å². The highest BCUT2D eigenvalue weighted by molar-refractivity contribution is 6.03. The molecule has 4 heteroatoms. The molecule has 0 aliphatic carbocycles. The van der Waals surface area contributed by atoms with E-state index < -0.39 is 0 Å². The third kappa shape index (κ3) is 2.77. The molecule has 114 valence electrons. The fourth-order valence-electron chi connectivity index (χ4n) is 2.87. The first-order valence-corrected chi connectivity index (χ1v) is 7.50. The maximum absolute atomic E-state index is 12.6. The van der Waals surface area contributed by atoms with Crippen LogP contribution in [-0.4, -0.2) is 19.7 Å². The minimum Gasteiger partial charge on any atom is -0.495 e.